The van der Waals surface area contributed by atoms with E-state index in [1.165, 1.54) is 28.8 Å². The van der Waals surface area contributed by atoms with Gasteiger partial charge in [0.25, 0.3) is 0 Å². The lowest BCUT2D eigenvalue weighted by Gasteiger charge is -2.27. The number of nitrogens with two attached hydrogens (primary N) is 2. The van der Waals surface area contributed by atoms with Gasteiger partial charge in [0.1, 0.15) is 65.9 Å². The molecule has 6 rings (SSSR count). The third-order valence-electron chi connectivity index (χ3n) is 7.43. The molecule has 2 unspecified atom stereocenters. The minimum atomic E-state index is -4.32. The molecule has 3 aromatic heterocycles. The van der Waals surface area contributed by atoms with E-state index in [-0.39, 0.29) is 23.2 Å². The van der Waals surface area contributed by atoms with Gasteiger partial charge < -0.3 is 45.1 Å². The Labute approximate surface area is 265 Å². The van der Waals surface area contributed by atoms with E-state index in [4.69, 9.17) is 50.8 Å². The molecular weight excluding hydrogens is 676 g/mol. The summed E-state index contributed by atoms with van der Waals surface area (Å²) in [7, 11) is 1.46. The molecule has 6 heterocycles. The molecule has 3 aromatic rings. The number of anilines is 1. The van der Waals surface area contributed by atoms with Gasteiger partial charge in [-0.25, -0.2) is 24.5 Å². The van der Waals surface area contributed by atoms with Crippen LogP contribution in [0.5, 0.6) is 0 Å². The summed E-state index contributed by atoms with van der Waals surface area (Å²) >= 11 is 9.36. The summed E-state index contributed by atoms with van der Waals surface area (Å²) in [6, 6.07) is 1.64. The molecule has 3 fully saturated rings. The molecule has 19 nitrogen and oxygen atoms in total. The van der Waals surface area contributed by atoms with Gasteiger partial charge in [-0.3, -0.25) is 23.1 Å². The summed E-state index contributed by atoms with van der Waals surface area (Å²) in [6.45, 7) is -5.95. The number of amidine groups is 1. The number of nitrogen functional groups attached to an aromatic ring is 1. The Morgan fingerprint density at radius 2 is 1.84 bits per heavy atom. The van der Waals surface area contributed by atoms with Crippen LogP contribution in [-0.4, -0.2) is 109 Å². The molecule has 7 N–H and O–H groups in total. The van der Waals surface area contributed by atoms with Gasteiger partial charge >= 0.3 is 13.5 Å². The zero-order chi connectivity index (χ0) is 32.3. The van der Waals surface area contributed by atoms with Crippen molar-refractivity contribution in [3.63, 3.8) is 0 Å². The lowest BCUT2D eigenvalue weighted by molar-refractivity contribution is -0.0592. The number of nitrogens with zero attached hydrogens (tertiary/aromatic N) is 7. The topological polar surface area (TPSA) is 258 Å². The van der Waals surface area contributed by atoms with Crippen molar-refractivity contribution in [3.05, 3.63) is 30.6 Å². The average molecular weight is 706 g/mol. The summed E-state index contributed by atoms with van der Waals surface area (Å²) < 4.78 is 51.0. The molecule has 0 spiro atoms. The van der Waals surface area contributed by atoms with Crippen LogP contribution in [0.3, 0.4) is 0 Å². The van der Waals surface area contributed by atoms with Crippen molar-refractivity contribution in [2.75, 3.05) is 26.0 Å². The number of hydrogen-bond donors (Lipinski definition) is 6. The molecule has 244 valence electrons. The van der Waals surface area contributed by atoms with Gasteiger partial charge in [0.15, 0.2) is 18.3 Å². The molecule has 3 aliphatic rings. The number of imidazole rings is 1. The predicted molar refractivity (Wildman–Crippen MR) is 165 cm³/mol. The molecule has 0 amide bonds. The van der Waals surface area contributed by atoms with Crippen LogP contribution < -0.4 is 11.5 Å². The van der Waals surface area contributed by atoms with Crippen molar-refractivity contribution in [1.29, 1.82) is 0 Å². The van der Waals surface area contributed by atoms with Crippen LogP contribution in [0.15, 0.2) is 34.9 Å². The summed E-state index contributed by atoms with van der Waals surface area (Å²) in [6.07, 6.45) is -6.36. The first-order valence-corrected chi connectivity index (χ1v) is 18.4. The molecular formula is C22H29N9O10P2S2. The first-order valence-electron chi connectivity index (χ1n) is 13.2. The van der Waals surface area contributed by atoms with Crippen molar-refractivity contribution >= 4 is 72.8 Å². The van der Waals surface area contributed by atoms with E-state index in [0.29, 0.717) is 11.0 Å². The fraction of sp³-hybridized carbons (Fsp3) is 0.500. The van der Waals surface area contributed by atoms with Crippen LogP contribution in [0.4, 0.5) is 11.6 Å². The Morgan fingerprint density at radius 3 is 2.58 bits per heavy atom. The van der Waals surface area contributed by atoms with Crippen LogP contribution in [-0.2, 0) is 43.9 Å². The summed E-state index contributed by atoms with van der Waals surface area (Å²) in [5.74, 6) is 0.373. The molecule has 2 bridgehead atoms. The van der Waals surface area contributed by atoms with Gasteiger partial charge in [0.2, 0.25) is 0 Å². The Hall–Kier alpha value is -2.36. The molecule has 10 atom stereocenters. The van der Waals surface area contributed by atoms with Gasteiger partial charge in [-0.1, -0.05) is 12.2 Å². The van der Waals surface area contributed by atoms with Crippen LogP contribution in [0, 0.1) is 0 Å². The van der Waals surface area contributed by atoms with Crippen LogP contribution >= 0.6 is 25.8 Å². The van der Waals surface area contributed by atoms with Crippen molar-refractivity contribution in [3.8, 4) is 0 Å². The lowest BCUT2D eigenvalue weighted by Crippen LogP contribution is -2.36. The van der Waals surface area contributed by atoms with E-state index in [2.05, 4.69) is 43.9 Å². The molecule has 0 saturated carbocycles. The second-order valence-electron chi connectivity index (χ2n) is 10.1. The first kappa shape index (κ1) is 32.6. The molecule has 45 heavy (non-hydrogen) atoms. The van der Waals surface area contributed by atoms with Crippen molar-refractivity contribution in [2.45, 2.75) is 49.1 Å². The second kappa shape index (κ2) is 12.3. The number of aliphatic hydroxyl groups is 2. The minimum Gasteiger partial charge on any atom is -0.387 e. The summed E-state index contributed by atoms with van der Waals surface area (Å²) in [5, 5.41) is 23.0. The summed E-state index contributed by atoms with van der Waals surface area (Å²) in [4.78, 5) is 31.3. The molecule has 0 radical (unpaired) electrons. The highest BCUT2D eigenvalue weighted by Gasteiger charge is 2.53. The van der Waals surface area contributed by atoms with Gasteiger partial charge in [0, 0.05) is 13.2 Å². The monoisotopic (exact) mass is 705 g/mol. The number of hydrogen-bond acceptors (Lipinski definition) is 16. The fourth-order valence-electron chi connectivity index (χ4n) is 5.29. The van der Waals surface area contributed by atoms with Crippen molar-refractivity contribution in [1.82, 2.24) is 24.1 Å². The third-order valence-corrected chi connectivity index (χ3v) is 10.6. The Morgan fingerprint density at radius 1 is 1.11 bits per heavy atom. The number of aliphatic imine (C=N–C) groups is 2. The maximum Gasteiger partial charge on any atom is 0.386 e. The molecule has 0 aromatic carbocycles. The number of aliphatic hydroxyl groups excluding tert-OH is 2. The maximum atomic E-state index is 13.6. The van der Waals surface area contributed by atoms with Gasteiger partial charge in [-0.2, -0.15) is 0 Å². The maximum absolute atomic E-state index is 13.6. The van der Waals surface area contributed by atoms with Crippen LogP contribution in [0.25, 0.3) is 11.0 Å². The second-order valence-corrected chi connectivity index (χ2v) is 15.8. The Bertz CT molecular complexity index is 1740. The molecule has 0 aliphatic carbocycles. The van der Waals surface area contributed by atoms with E-state index in [1.807, 2.05) is 0 Å². The molecule has 23 heteroatoms. The zero-order valence-corrected chi connectivity index (χ0v) is 26.8. The molecule has 3 saturated heterocycles. The smallest absolute Gasteiger partial charge is 0.386 e. The standard InChI is InChI=1S/C22H29N9O10P2S2/c1-25-18(24)12-20(26-2)31(8-29-12)22-16-13(32)10(38-22)5-36-42(34,44)40-15-11(6-37-43(35,45)41-16)39-21(14(15)33)30-4-3-9-17(23)27-7-28-19(9)30/h3-4,7-8,10-11,13-16,21-22,32-33H,2,5-6H2,1H3,(H2,24,25)(H,34,44)(H,35,45)(H2,23,27,28)/t10-,11-,13-,14-,15-,16-,21-,22-,42?,43?/m1/s1. The van der Waals surface area contributed by atoms with Crippen molar-refractivity contribution in [2.24, 2.45) is 15.7 Å². The Balaban J connectivity index is 1.31. The Kier molecular flexibility index (Phi) is 8.94. The number of rotatable bonds is 4. The highest BCUT2D eigenvalue weighted by atomic mass is 32.7. The van der Waals surface area contributed by atoms with E-state index in [9.17, 15) is 19.7 Å². The number of aromatic nitrogens is 5. The van der Waals surface area contributed by atoms with Crippen LogP contribution in [0.2, 0.25) is 0 Å². The quantitative estimate of drug-likeness (QED) is 0.0915. The fourth-order valence-corrected chi connectivity index (χ4v) is 8.19. The SMILES string of the molecule is C=Nc1c(C(N)=NC)ncn1[C@@H]1O[C@@H]2COP(O)(=S)O[C@H]3[C@@H](O)[C@H](n4ccc5c(N)ncnc54)O[C@@H]3COP(=O)(S)O[C@@H]1[C@@H]2O. The minimum absolute atomic E-state index is 0.0472. The number of ether oxygens (including phenoxy) is 2. The third kappa shape index (κ3) is 6.09. The predicted octanol–water partition coefficient (Wildman–Crippen LogP) is 0.166. The molecule has 3 aliphatic heterocycles. The largest absolute Gasteiger partial charge is 0.387 e. The van der Waals surface area contributed by atoms with E-state index in [0.717, 1.165) is 0 Å². The van der Waals surface area contributed by atoms with E-state index in [1.54, 1.807) is 12.3 Å². The highest BCUT2D eigenvalue weighted by molar-refractivity contribution is 8.44. The summed E-state index contributed by atoms with van der Waals surface area (Å²) in [5.41, 5.74) is 12.4. The zero-order valence-electron chi connectivity index (χ0n) is 23.3. The van der Waals surface area contributed by atoms with Crippen molar-refractivity contribution < 1.29 is 47.2 Å². The van der Waals surface area contributed by atoms with Gasteiger partial charge in [-0.15, -0.1) is 0 Å². The normalized spacial score (nSPS) is 37.9. The lowest BCUT2D eigenvalue weighted by atomic mass is 10.1. The van der Waals surface area contributed by atoms with Crippen LogP contribution in [0.1, 0.15) is 18.1 Å². The van der Waals surface area contributed by atoms with Gasteiger partial charge in [0.05, 0.1) is 24.9 Å². The first-order chi connectivity index (χ1) is 21.3. The number of fused-ring (bicyclic) bond motifs is 4. The van der Waals surface area contributed by atoms with Gasteiger partial charge in [-0.05, 0) is 24.6 Å². The number of thiol groups is 1. The highest BCUT2D eigenvalue weighted by Crippen LogP contribution is 2.58. The van der Waals surface area contributed by atoms with E-state index >= 15 is 0 Å². The average Bonchev–Trinajstić information content (AvgIpc) is 3.75. The van der Waals surface area contributed by atoms with E-state index < -0.39 is 75.8 Å².